The molecular weight excluding hydrogens is 725 g/mol. The van der Waals surface area contributed by atoms with E-state index in [9.17, 15) is 0 Å². The zero-order valence-electron chi connectivity index (χ0n) is 38.9. The number of rotatable bonds is 31. The fourth-order valence-corrected chi connectivity index (χ4v) is 10.6. The average molecular weight is 809 g/mol. The monoisotopic (exact) mass is 809 g/mol. The van der Waals surface area contributed by atoms with Crippen LogP contribution >= 0.6 is 0 Å². The zero-order chi connectivity index (χ0) is 41.8. The molecule has 326 valence electrons. The molecule has 0 N–H and O–H groups in total. The minimum Gasteiger partial charge on any atom is -0.337 e. The maximum Gasteiger partial charge on any atom is 0.0500 e. The predicted octanol–water partition coefficient (Wildman–Crippen LogP) is 19.7. The normalized spacial score (nSPS) is 12.2. The third-order valence-corrected chi connectivity index (χ3v) is 14.0. The molecule has 6 aromatic rings. The summed E-state index contributed by atoms with van der Waals surface area (Å²) in [5.74, 6) is 0. The molecule has 2 nitrogen and oxygen atoms in total. The first kappa shape index (κ1) is 46.0. The van der Waals surface area contributed by atoms with E-state index >= 15 is 0 Å². The van der Waals surface area contributed by atoms with Crippen molar-refractivity contribution in [3.05, 3.63) is 84.9 Å². The van der Waals surface area contributed by atoms with Crippen molar-refractivity contribution in [2.45, 2.75) is 220 Å². The molecule has 0 aliphatic rings. The van der Waals surface area contributed by atoms with Gasteiger partial charge in [-0.15, -0.1) is 0 Å². The Morgan fingerprint density at radius 3 is 1.10 bits per heavy atom. The van der Waals surface area contributed by atoms with E-state index in [-0.39, 0.29) is 0 Å². The van der Waals surface area contributed by atoms with Crippen LogP contribution < -0.4 is 0 Å². The molecule has 0 fully saturated rings. The summed E-state index contributed by atoms with van der Waals surface area (Å²) < 4.78 is 5.58. The van der Waals surface area contributed by atoms with Crippen LogP contribution in [0.3, 0.4) is 0 Å². The van der Waals surface area contributed by atoms with Gasteiger partial charge in [0.25, 0.3) is 0 Å². The maximum atomic E-state index is 2.80. The van der Waals surface area contributed by atoms with Crippen molar-refractivity contribution >= 4 is 43.6 Å². The molecule has 2 aromatic heterocycles. The van der Waals surface area contributed by atoms with E-state index in [1.165, 1.54) is 235 Å². The minimum atomic E-state index is 0.538. The zero-order valence-corrected chi connectivity index (χ0v) is 38.9. The number of aromatic nitrogens is 2. The molecule has 0 bridgehead atoms. The summed E-state index contributed by atoms with van der Waals surface area (Å²) in [5, 5.41) is 5.66. The van der Waals surface area contributed by atoms with Gasteiger partial charge >= 0.3 is 0 Å². The van der Waals surface area contributed by atoms with Gasteiger partial charge in [-0.05, 0) is 67.1 Å². The SMILES string of the molecule is CCCCCCCCC(CCCCCCCC)n1c2ccccc2c2cc(-c3ccc4c5ccccc5n(C(CCCCCCCC)CCCCCCCC)c4c3)ccc21. The van der Waals surface area contributed by atoms with Crippen LogP contribution in [-0.4, -0.2) is 9.13 Å². The summed E-state index contributed by atoms with van der Waals surface area (Å²) in [6, 6.07) is 34.6. The van der Waals surface area contributed by atoms with Crippen LogP contribution in [0.4, 0.5) is 0 Å². The Balaban J connectivity index is 1.34. The molecule has 60 heavy (non-hydrogen) atoms. The summed E-state index contributed by atoms with van der Waals surface area (Å²) in [6.07, 6.45) is 37.8. The standard InChI is InChI=1S/C58H84N2/c1-5-9-13-17-21-25-33-49(34-26-22-18-14-10-6-2)59-56-40-32-30-38-52(56)54-45-47(42-44-57(54)59)48-41-43-53-51-37-29-31-39-55(51)60(58(53)46-48)50(35-27-23-19-15-11-7-3)36-28-24-20-16-12-8-4/h29-32,37-46,49-50H,5-28,33-36H2,1-4H3. The van der Waals surface area contributed by atoms with Gasteiger partial charge < -0.3 is 9.13 Å². The van der Waals surface area contributed by atoms with E-state index in [2.05, 4.69) is 122 Å². The molecule has 4 aromatic carbocycles. The minimum absolute atomic E-state index is 0.538. The van der Waals surface area contributed by atoms with Gasteiger partial charge in [0.15, 0.2) is 0 Å². The Kier molecular flexibility index (Phi) is 19.5. The van der Waals surface area contributed by atoms with Gasteiger partial charge in [-0.2, -0.15) is 0 Å². The Hall–Kier alpha value is -3.52. The second-order valence-electron chi connectivity index (χ2n) is 18.8. The van der Waals surface area contributed by atoms with Crippen LogP contribution in [-0.2, 0) is 0 Å². The molecule has 0 amide bonds. The van der Waals surface area contributed by atoms with Gasteiger partial charge in [0.2, 0.25) is 0 Å². The van der Waals surface area contributed by atoms with Gasteiger partial charge in [0.05, 0.1) is 0 Å². The van der Waals surface area contributed by atoms with Gasteiger partial charge in [0, 0.05) is 55.7 Å². The second-order valence-corrected chi connectivity index (χ2v) is 18.8. The lowest BCUT2D eigenvalue weighted by molar-refractivity contribution is 0.410. The van der Waals surface area contributed by atoms with E-state index < -0.39 is 0 Å². The number of para-hydroxylation sites is 2. The quantitative estimate of drug-likeness (QED) is 0.0387. The van der Waals surface area contributed by atoms with Gasteiger partial charge in [0.1, 0.15) is 0 Å². The first-order valence-corrected chi connectivity index (χ1v) is 25.8. The molecule has 0 atom stereocenters. The molecule has 0 saturated carbocycles. The van der Waals surface area contributed by atoms with E-state index in [0.717, 1.165) is 0 Å². The van der Waals surface area contributed by atoms with Gasteiger partial charge in [-0.25, -0.2) is 0 Å². The molecule has 6 rings (SSSR count). The van der Waals surface area contributed by atoms with Crippen molar-refractivity contribution in [3.8, 4) is 11.1 Å². The molecule has 0 unspecified atom stereocenters. The lowest BCUT2D eigenvalue weighted by Gasteiger charge is -2.22. The van der Waals surface area contributed by atoms with Crippen LogP contribution in [0.25, 0.3) is 54.7 Å². The van der Waals surface area contributed by atoms with Gasteiger partial charge in [-0.3, -0.25) is 0 Å². The Morgan fingerprint density at radius 1 is 0.300 bits per heavy atom. The van der Waals surface area contributed by atoms with Crippen molar-refractivity contribution in [3.63, 3.8) is 0 Å². The first-order chi connectivity index (χ1) is 29.7. The van der Waals surface area contributed by atoms with Crippen molar-refractivity contribution < 1.29 is 0 Å². The highest BCUT2D eigenvalue weighted by Gasteiger charge is 2.21. The highest BCUT2D eigenvalue weighted by Crippen LogP contribution is 2.41. The number of fused-ring (bicyclic) bond motifs is 6. The first-order valence-electron chi connectivity index (χ1n) is 25.8. The van der Waals surface area contributed by atoms with Crippen LogP contribution in [0.2, 0.25) is 0 Å². The molecule has 0 spiro atoms. The number of benzene rings is 4. The van der Waals surface area contributed by atoms with Gasteiger partial charge in [-0.1, -0.05) is 236 Å². The van der Waals surface area contributed by atoms with E-state index in [1.807, 2.05) is 0 Å². The predicted molar refractivity (Wildman–Crippen MR) is 268 cm³/mol. The highest BCUT2D eigenvalue weighted by molar-refractivity contribution is 6.11. The second kappa shape index (κ2) is 25.4. The van der Waals surface area contributed by atoms with E-state index in [0.29, 0.717) is 12.1 Å². The molecule has 2 heteroatoms. The molecular formula is C58H84N2. The van der Waals surface area contributed by atoms with E-state index in [1.54, 1.807) is 0 Å². The smallest absolute Gasteiger partial charge is 0.0500 e. The van der Waals surface area contributed by atoms with Crippen molar-refractivity contribution in [2.75, 3.05) is 0 Å². The highest BCUT2D eigenvalue weighted by atomic mass is 15.0. The summed E-state index contributed by atoms with van der Waals surface area (Å²) >= 11 is 0. The summed E-state index contributed by atoms with van der Waals surface area (Å²) in [6.45, 7) is 9.31. The van der Waals surface area contributed by atoms with Crippen LogP contribution in [0, 0.1) is 0 Å². The third-order valence-electron chi connectivity index (χ3n) is 14.0. The van der Waals surface area contributed by atoms with E-state index in [4.69, 9.17) is 0 Å². The topological polar surface area (TPSA) is 9.86 Å². The average Bonchev–Trinajstić information content (AvgIpc) is 3.79. The fraction of sp³-hybridized carbons (Fsp3) is 0.586. The number of unbranched alkanes of at least 4 members (excludes halogenated alkanes) is 20. The number of hydrogen-bond donors (Lipinski definition) is 0. The lowest BCUT2D eigenvalue weighted by Crippen LogP contribution is -2.09. The Labute approximate surface area is 366 Å². The number of hydrogen-bond acceptors (Lipinski definition) is 0. The lowest BCUT2D eigenvalue weighted by atomic mass is 9.98. The largest absolute Gasteiger partial charge is 0.337 e. The van der Waals surface area contributed by atoms with Crippen LogP contribution in [0.15, 0.2) is 84.9 Å². The van der Waals surface area contributed by atoms with Crippen LogP contribution in [0.5, 0.6) is 0 Å². The molecule has 0 aliphatic heterocycles. The Bertz CT molecular complexity index is 2080. The maximum absolute atomic E-state index is 2.80. The molecule has 2 heterocycles. The van der Waals surface area contributed by atoms with Crippen LogP contribution in [0.1, 0.15) is 220 Å². The van der Waals surface area contributed by atoms with Crippen molar-refractivity contribution in [1.82, 2.24) is 9.13 Å². The fourth-order valence-electron chi connectivity index (χ4n) is 10.6. The molecule has 0 radical (unpaired) electrons. The molecule has 0 aliphatic carbocycles. The molecule has 0 saturated heterocycles. The van der Waals surface area contributed by atoms with Crippen molar-refractivity contribution in [2.24, 2.45) is 0 Å². The summed E-state index contributed by atoms with van der Waals surface area (Å²) in [5.41, 5.74) is 8.39. The summed E-state index contributed by atoms with van der Waals surface area (Å²) in [4.78, 5) is 0. The summed E-state index contributed by atoms with van der Waals surface area (Å²) in [7, 11) is 0. The third kappa shape index (κ3) is 12.3. The number of nitrogens with zero attached hydrogens (tertiary/aromatic N) is 2. The Morgan fingerprint density at radius 2 is 0.633 bits per heavy atom. The van der Waals surface area contributed by atoms with Crippen molar-refractivity contribution in [1.29, 1.82) is 0 Å².